The van der Waals surface area contributed by atoms with Crippen molar-refractivity contribution in [2.24, 2.45) is 0 Å². The lowest BCUT2D eigenvalue weighted by Gasteiger charge is -2.20. The molecule has 0 spiro atoms. The topological polar surface area (TPSA) is 56.8 Å². The lowest BCUT2D eigenvalue weighted by Crippen LogP contribution is -2.26. The van der Waals surface area contributed by atoms with Crippen LogP contribution in [0.5, 0.6) is 17.2 Å². The van der Waals surface area contributed by atoms with Gasteiger partial charge in [0, 0.05) is 13.0 Å². The molecule has 0 fully saturated rings. The number of halogens is 1. The van der Waals surface area contributed by atoms with E-state index in [9.17, 15) is 4.79 Å². The second kappa shape index (κ2) is 8.81. The maximum atomic E-state index is 12.0. The summed E-state index contributed by atoms with van der Waals surface area (Å²) in [5, 5.41) is 3.49. The van der Waals surface area contributed by atoms with E-state index in [-0.39, 0.29) is 5.91 Å². The Bertz CT molecular complexity index is 761. The molecule has 0 aromatic heterocycles. The van der Waals surface area contributed by atoms with Gasteiger partial charge >= 0.3 is 0 Å². The Balaban J connectivity index is 1.44. The number of ether oxygens (including phenoxy) is 3. The van der Waals surface area contributed by atoms with Crippen LogP contribution in [0.15, 0.2) is 36.4 Å². The summed E-state index contributed by atoms with van der Waals surface area (Å²) in [5.74, 6) is 2.12. The van der Waals surface area contributed by atoms with Crippen molar-refractivity contribution < 1.29 is 19.0 Å². The molecule has 3 rings (SSSR count). The lowest BCUT2D eigenvalue weighted by molar-refractivity contribution is -0.121. The average molecular weight is 376 g/mol. The first kappa shape index (κ1) is 18.4. The Kier molecular flexibility index (Phi) is 6.23. The molecule has 0 atom stereocenters. The first-order valence-electron chi connectivity index (χ1n) is 8.63. The second-order valence-corrected chi connectivity index (χ2v) is 6.46. The van der Waals surface area contributed by atoms with Crippen LogP contribution in [-0.4, -0.2) is 32.8 Å². The number of hydrogen-bond donors (Lipinski definition) is 1. The highest BCUT2D eigenvalue weighted by atomic mass is 35.5. The van der Waals surface area contributed by atoms with Crippen LogP contribution in [0, 0.1) is 0 Å². The van der Waals surface area contributed by atoms with E-state index in [4.69, 9.17) is 25.8 Å². The van der Waals surface area contributed by atoms with Crippen molar-refractivity contribution in [3.8, 4) is 17.2 Å². The normalized spacial score (nSPS) is 12.5. The Hall–Kier alpha value is -2.40. The molecule has 1 aliphatic heterocycles. The minimum Gasteiger partial charge on any atom is -0.497 e. The van der Waals surface area contributed by atoms with Gasteiger partial charge in [0.1, 0.15) is 19.0 Å². The van der Waals surface area contributed by atoms with Gasteiger partial charge in [-0.05, 0) is 48.2 Å². The van der Waals surface area contributed by atoms with Crippen LogP contribution >= 0.6 is 11.6 Å². The van der Waals surface area contributed by atoms with Crippen LogP contribution in [0.1, 0.15) is 17.5 Å². The van der Waals surface area contributed by atoms with Gasteiger partial charge < -0.3 is 19.5 Å². The highest BCUT2D eigenvalue weighted by Gasteiger charge is 2.16. The fraction of sp³-hybridized carbons (Fsp3) is 0.350. The Morgan fingerprint density at radius 2 is 1.88 bits per heavy atom. The van der Waals surface area contributed by atoms with Gasteiger partial charge in [-0.3, -0.25) is 4.79 Å². The number of amides is 1. The number of rotatable bonds is 7. The first-order chi connectivity index (χ1) is 12.7. The van der Waals surface area contributed by atoms with Gasteiger partial charge in [0.05, 0.1) is 12.1 Å². The monoisotopic (exact) mass is 375 g/mol. The maximum Gasteiger partial charge on any atom is 0.220 e. The van der Waals surface area contributed by atoms with Crippen molar-refractivity contribution in [1.82, 2.24) is 5.32 Å². The van der Waals surface area contributed by atoms with Crippen molar-refractivity contribution in [2.45, 2.75) is 19.3 Å². The van der Waals surface area contributed by atoms with E-state index in [1.807, 2.05) is 36.4 Å². The summed E-state index contributed by atoms with van der Waals surface area (Å²) >= 11 is 6.23. The molecule has 0 unspecified atom stereocenters. The summed E-state index contributed by atoms with van der Waals surface area (Å²) < 4.78 is 16.2. The van der Waals surface area contributed by atoms with Crippen LogP contribution in [0.4, 0.5) is 0 Å². The van der Waals surface area contributed by atoms with E-state index in [0.29, 0.717) is 55.5 Å². The largest absolute Gasteiger partial charge is 0.497 e. The number of aryl methyl sites for hydroxylation is 1. The molecular weight excluding hydrogens is 354 g/mol. The molecule has 1 aliphatic rings. The zero-order chi connectivity index (χ0) is 18.4. The number of nitrogens with one attached hydrogen (secondary N) is 1. The molecule has 1 N–H and O–H groups in total. The molecule has 26 heavy (non-hydrogen) atoms. The zero-order valence-corrected chi connectivity index (χ0v) is 15.5. The smallest absolute Gasteiger partial charge is 0.220 e. The average Bonchev–Trinajstić information content (AvgIpc) is 2.67. The quantitative estimate of drug-likeness (QED) is 0.805. The van der Waals surface area contributed by atoms with Gasteiger partial charge in [0.25, 0.3) is 0 Å². The first-order valence-corrected chi connectivity index (χ1v) is 9.01. The highest BCUT2D eigenvalue weighted by molar-refractivity contribution is 6.32. The third-order valence-electron chi connectivity index (χ3n) is 4.19. The van der Waals surface area contributed by atoms with Crippen LogP contribution in [-0.2, 0) is 17.6 Å². The van der Waals surface area contributed by atoms with E-state index in [2.05, 4.69) is 5.32 Å². The second-order valence-electron chi connectivity index (χ2n) is 6.05. The third kappa shape index (κ3) is 4.82. The summed E-state index contributed by atoms with van der Waals surface area (Å²) in [4.78, 5) is 12.0. The van der Waals surface area contributed by atoms with Crippen LogP contribution < -0.4 is 19.5 Å². The molecule has 0 bridgehead atoms. The van der Waals surface area contributed by atoms with Gasteiger partial charge in [0.15, 0.2) is 11.5 Å². The molecule has 0 aliphatic carbocycles. The standard InChI is InChI=1S/C20H22ClNO4/c1-24-16-5-2-14(3-6-16)4-7-19(23)22-9-8-15-12-17(21)20-18(13-15)25-10-11-26-20/h2-3,5-6,12-13H,4,7-11H2,1H3,(H,22,23). The predicted molar refractivity (Wildman–Crippen MR) is 100 cm³/mol. The zero-order valence-electron chi connectivity index (χ0n) is 14.7. The van der Waals surface area contributed by atoms with E-state index in [1.54, 1.807) is 7.11 Å². The summed E-state index contributed by atoms with van der Waals surface area (Å²) in [6.07, 6.45) is 1.84. The molecule has 1 amide bonds. The number of fused-ring (bicyclic) bond motifs is 1. The SMILES string of the molecule is COc1ccc(CCC(=O)NCCc2cc(Cl)c3c(c2)OCCO3)cc1. The molecule has 138 valence electrons. The molecule has 5 nitrogen and oxygen atoms in total. The van der Waals surface area contributed by atoms with Crippen molar-refractivity contribution in [1.29, 1.82) is 0 Å². The van der Waals surface area contributed by atoms with Gasteiger partial charge in [-0.1, -0.05) is 23.7 Å². The summed E-state index contributed by atoms with van der Waals surface area (Å²) in [7, 11) is 1.64. The number of carbonyl (C=O) groups is 1. The Morgan fingerprint density at radius 1 is 1.12 bits per heavy atom. The minimum absolute atomic E-state index is 0.0319. The maximum absolute atomic E-state index is 12.0. The number of benzene rings is 2. The predicted octanol–water partition coefficient (Wildman–Crippen LogP) is 3.41. The molecule has 0 saturated heterocycles. The molecule has 0 radical (unpaired) electrons. The molecular formula is C20H22ClNO4. The Labute approximate surface area is 158 Å². The van der Waals surface area contributed by atoms with Crippen molar-refractivity contribution in [2.75, 3.05) is 26.9 Å². The van der Waals surface area contributed by atoms with E-state index in [1.165, 1.54) is 0 Å². The highest BCUT2D eigenvalue weighted by Crippen LogP contribution is 2.38. The summed E-state index contributed by atoms with van der Waals surface area (Å²) in [6.45, 7) is 1.59. The molecule has 2 aromatic carbocycles. The van der Waals surface area contributed by atoms with Crippen LogP contribution in [0.2, 0.25) is 5.02 Å². The Morgan fingerprint density at radius 3 is 2.65 bits per heavy atom. The fourth-order valence-corrected chi connectivity index (χ4v) is 3.08. The van der Waals surface area contributed by atoms with Crippen LogP contribution in [0.25, 0.3) is 0 Å². The van der Waals surface area contributed by atoms with Gasteiger partial charge in [-0.25, -0.2) is 0 Å². The van der Waals surface area contributed by atoms with Crippen LogP contribution in [0.3, 0.4) is 0 Å². The molecule has 2 aromatic rings. The third-order valence-corrected chi connectivity index (χ3v) is 4.47. The summed E-state index contributed by atoms with van der Waals surface area (Å²) in [6, 6.07) is 11.5. The molecule has 0 saturated carbocycles. The van der Waals surface area contributed by atoms with E-state index < -0.39 is 0 Å². The van der Waals surface area contributed by atoms with Gasteiger partial charge in [-0.2, -0.15) is 0 Å². The van der Waals surface area contributed by atoms with E-state index >= 15 is 0 Å². The lowest BCUT2D eigenvalue weighted by atomic mass is 10.1. The van der Waals surface area contributed by atoms with Crippen molar-refractivity contribution in [3.05, 3.63) is 52.5 Å². The fourth-order valence-electron chi connectivity index (χ4n) is 2.79. The number of hydrogen-bond acceptors (Lipinski definition) is 4. The van der Waals surface area contributed by atoms with E-state index in [0.717, 1.165) is 16.9 Å². The summed E-state index contributed by atoms with van der Waals surface area (Å²) in [5.41, 5.74) is 2.12. The minimum atomic E-state index is 0.0319. The van der Waals surface area contributed by atoms with Gasteiger partial charge in [0.2, 0.25) is 5.91 Å². The number of carbonyl (C=O) groups excluding carboxylic acids is 1. The number of methoxy groups -OCH3 is 1. The van der Waals surface area contributed by atoms with Gasteiger partial charge in [-0.15, -0.1) is 0 Å². The van der Waals surface area contributed by atoms with Crippen molar-refractivity contribution in [3.63, 3.8) is 0 Å². The van der Waals surface area contributed by atoms with Crippen molar-refractivity contribution >= 4 is 17.5 Å². The molecule has 1 heterocycles. The molecule has 6 heteroatoms.